The van der Waals surface area contributed by atoms with Gasteiger partial charge < -0.3 is 10.1 Å². The lowest BCUT2D eigenvalue weighted by atomic mass is 9.92. The van der Waals surface area contributed by atoms with Crippen LogP contribution in [0.2, 0.25) is 0 Å². The molecular weight excluding hydrogens is 186 g/mol. The van der Waals surface area contributed by atoms with Crippen LogP contribution in [-0.2, 0) is 4.74 Å². The molecule has 0 spiro atoms. The molecule has 1 N–H and O–H groups in total. The van der Waals surface area contributed by atoms with Crippen molar-refractivity contribution >= 4 is 0 Å². The van der Waals surface area contributed by atoms with E-state index in [-0.39, 0.29) is 0 Å². The van der Waals surface area contributed by atoms with Gasteiger partial charge >= 0.3 is 0 Å². The lowest BCUT2D eigenvalue weighted by Gasteiger charge is -2.22. The van der Waals surface area contributed by atoms with Crippen LogP contribution in [0.5, 0.6) is 0 Å². The molecule has 0 aromatic rings. The first kappa shape index (κ1) is 12.7. The number of hydrogen-bond donors (Lipinski definition) is 1. The van der Waals surface area contributed by atoms with Crippen molar-refractivity contribution in [3.05, 3.63) is 11.6 Å². The molecule has 0 saturated carbocycles. The molecule has 0 amide bonds. The monoisotopic (exact) mass is 211 g/mol. The van der Waals surface area contributed by atoms with E-state index in [9.17, 15) is 0 Å². The minimum absolute atomic E-state index is 0.782. The Labute approximate surface area is 94.1 Å². The van der Waals surface area contributed by atoms with E-state index in [1.54, 1.807) is 5.57 Å². The molecule has 15 heavy (non-hydrogen) atoms. The summed E-state index contributed by atoms with van der Waals surface area (Å²) >= 11 is 0. The van der Waals surface area contributed by atoms with Crippen molar-refractivity contribution in [3.63, 3.8) is 0 Å². The number of ether oxygens (including phenoxy) is 1. The second-order valence-electron chi connectivity index (χ2n) is 4.37. The van der Waals surface area contributed by atoms with Crippen molar-refractivity contribution in [1.82, 2.24) is 5.32 Å². The highest BCUT2D eigenvalue weighted by Gasteiger charge is 2.14. The third-order valence-electron chi connectivity index (χ3n) is 3.08. The summed E-state index contributed by atoms with van der Waals surface area (Å²) in [6.45, 7) is 8.64. The summed E-state index contributed by atoms with van der Waals surface area (Å²) in [6.07, 6.45) is 7.22. The van der Waals surface area contributed by atoms with Gasteiger partial charge in [-0.1, -0.05) is 18.6 Å². The maximum Gasteiger partial charge on any atom is 0.0471 e. The van der Waals surface area contributed by atoms with Crippen LogP contribution in [0.1, 0.15) is 39.5 Å². The van der Waals surface area contributed by atoms with Gasteiger partial charge in [-0.05, 0) is 51.6 Å². The Bertz CT molecular complexity index is 183. The Morgan fingerprint density at radius 1 is 1.33 bits per heavy atom. The van der Waals surface area contributed by atoms with E-state index in [4.69, 9.17) is 4.74 Å². The minimum Gasteiger partial charge on any atom is -0.381 e. The average molecular weight is 211 g/mol. The summed E-state index contributed by atoms with van der Waals surface area (Å²) in [4.78, 5) is 0. The second kappa shape index (κ2) is 7.89. The number of rotatable bonds is 6. The minimum atomic E-state index is 0.782. The fourth-order valence-corrected chi connectivity index (χ4v) is 2.02. The van der Waals surface area contributed by atoms with Gasteiger partial charge in [-0.2, -0.15) is 0 Å². The molecule has 1 rings (SSSR count). The molecule has 0 bridgehead atoms. The van der Waals surface area contributed by atoms with Crippen LogP contribution in [0.3, 0.4) is 0 Å². The van der Waals surface area contributed by atoms with Crippen LogP contribution in [0, 0.1) is 5.92 Å². The van der Waals surface area contributed by atoms with Crippen molar-refractivity contribution in [3.8, 4) is 0 Å². The van der Waals surface area contributed by atoms with Crippen LogP contribution in [0.4, 0.5) is 0 Å². The first-order valence-corrected chi connectivity index (χ1v) is 6.29. The van der Waals surface area contributed by atoms with E-state index in [2.05, 4.69) is 25.2 Å². The molecule has 1 aliphatic heterocycles. The zero-order chi connectivity index (χ0) is 10.9. The molecule has 0 unspecified atom stereocenters. The summed E-state index contributed by atoms with van der Waals surface area (Å²) < 4.78 is 5.37. The lowest BCUT2D eigenvalue weighted by Crippen LogP contribution is -2.17. The lowest BCUT2D eigenvalue weighted by molar-refractivity contribution is 0.0757. The van der Waals surface area contributed by atoms with E-state index in [1.165, 1.54) is 25.7 Å². The Kier molecular flexibility index (Phi) is 6.69. The third-order valence-corrected chi connectivity index (χ3v) is 3.08. The summed E-state index contributed by atoms with van der Waals surface area (Å²) in [5, 5.41) is 3.42. The van der Waals surface area contributed by atoms with Gasteiger partial charge in [0.2, 0.25) is 0 Å². The molecule has 1 heterocycles. The van der Waals surface area contributed by atoms with Gasteiger partial charge in [0.15, 0.2) is 0 Å². The summed E-state index contributed by atoms with van der Waals surface area (Å²) in [5.41, 5.74) is 1.57. The van der Waals surface area contributed by atoms with Crippen molar-refractivity contribution in [2.75, 3.05) is 26.3 Å². The Hall–Kier alpha value is -0.340. The van der Waals surface area contributed by atoms with Crippen LogP contribution in [0.25, 0.3) is 0 Å². The van der Waals surface area contributed by atoms with Crippen molar-refractivity contribution < 1.29 is 4.74 Å². The van der Waals surface area contributed by atoms with Gasteiger partial charge in [0.25, 0.3) is 0 Å². The zero-order valence-electron chi connectivity index (χ0n) is 10.2. The fraction of sp³-hybridized carbons (Fsp3) is 0.846. The van der Waals surface area contributed by atoms with Gasteiger partial charge in [0, 0.05) is 13.2 Å². The molecule has 1 aliphatic rings. The molecule has 1 fully saturated rings. The zero-order valence-corrected chi connectivity index (χ0v) is 10.2. The van der Waals surface area contributed by atoms with Gasteiger partial charge in [-0.3, -0.25) is 0 Å². The molecule has 88 valence electrons. The number of nitrogens with one attached hydrogen (secondary N) is 1. The smallest absolute Gasteiger partial charge is 0.0471 e. The predicted molar refractivity (Wildman–Crippen MR) is 65.1 cm³/mol. The molecule has 2 nitrogen and oxygen atoms in total. The normalized spacial score (nSPS) is 19.5. The molecule has 0 aromatic heterocycles. The highest BCUT2D eigenvalue weighted by atomic mass is 16.5. The molecule has 1 saturated heterocycles. The van der Waals surface area contributed by atoms with Crippen molar-refractivity contribution in [1.29, 1.82) is 0 Å². The largest absolute Gasteiger partial charge is 0.381 e. The van der Waals surface area contributed by atoms with E-state index in [0.29, 0.717) is 0 Å². The second-order valence-corrected chi connectivity index (χ2v) is 4.37. The topological polar surface area (TPSA) is 21.3 Å². The third kappa shape index (κ3) is 5.33. The molecule has 0 aromatic carbocycles. The van der Waals surface area contributed by atoms with Gasteiger partial charge in [0.05, 0.1) is 0 Å². The summed E-state index contributed by atoms with van der Waals surface area (Å²) in [5.74, 6) is 0.782. The van der Waals surface area contributed by atoms with E-state index < -0.39 is 0 Å². The Morgan fingerprint density at radius 2 is 2.07 bits per heavy atom. The first-order chi connectivity index (χ1) is 7.34. The van der Waals surface area contributed by atoms with Gasteiger partial charge in [-0.15, -0.1) is 0 Å². The van der Waals surface area contributed by atoms with Crippen molar-refractivity contribution in [2.24, 2.45) is 5.92 Å². The van der Waals surface area contributed by atoms with Crippen LogP contribution >= 0.6 is 0 Å². The number of hydrogen-bond acceptors (Lipinski definition) is 2. The van der Waals surface area contributed by atoms with Crippen LogP contribution < -0.4 is 5.32 Å². The maximum absolute atomic E-state index is 5.37. The average Bonchev–Trinajstić information content (AvgIpc) is 2.30. The van der Waals surface area contributed by atoms with Gasteiger partial charge in [0.1, 0.15) is 0 Å². The predicted octanol–water partition coefficient (Wildman–Crippen LogP) is 2.75. The quantitative estimate of drug-likeness (QED) is 0.539. The highest BCUT2D eigenvalue weighted by Crippen LogP contribution is 2.22. The first-order valence-electron chi connectivity index (χ1n) is 6.29. The highest BCUT2D eigenvalue weighted by molar-refractivity contribution is 5.04. The number of allylic oxidation sites excluding steroid dienone is 1. The molecule has 0 aliphatic carbocycles. The Balaban J connectivity index is 2.13. The van der Waals surface area contributed by atoms with Crippen LogP contribution in [-0.4, -0.2) is 26.3 Å². The van der Waals surface area contributed by atoms with E-state index in [0.717, 1.165) is 32.2 Å². The van der Waals surface area contributed by atoms with Gasteiger partial charge in [-0.25, -0.2) is 0 Å². The molecule has 2 heteroatoms. The Morgan fingerprint density at radius 3 is 2.73 bits per heavy atom. The standard InChI is InChI=1S/C13H25NO/c1-3-8-14-9-4-5-12(2)13-6-10-15-11-7-13/h5,13-14H,3-4,6-11H2,1-2H3. The van der Waals surface area contributed by atoms with E-state index >= 15 is 0 Å². The molecule has 0 radical (unpaired) electrons. The summed E-state index contributed by atoms with van der Waals surface area (Å²) in [7, 11) is 0. The van der Waals surface area contributed by atoms with E-state index in [1.807, 2.05) is 0 Å². The SMILES string of the molecule is CCCNCCC=C(C)C1CCOCC1. The van der Waals surface area contributed by atoms with Crippen LogP contribution in [0.15, 0.2) is 11.6 Å². The fourth-order valence-electron chi connectivity index (χ4n) is 2.02. The molecule has 0 atom stereocenters. The summed E-state index contributed by atoms with van der Waals surface area (Å²) in [6, 6.07) is 0. The van der Waals surface area contributed by atoms with Crippen molar-refractivity contribution in [2.45, 2.75) is 39.5 Å². The molecular formula is C13H25NO. The maximum atomic E-state index is 5.37.